The Kier molecular flexibility index (Phi) is 10.7. The summed E-state index contributed by atoms with van der Waals surface area (Å²) >= 11 is 0. The molecule has 2 heterocycles. The minimum Gasteiger partial charge on any atom is -0.508 e. The smallest absolute Gasteiger partial charge is 0.120 e. The Labute approximate surface area is 231 Å². The molecule has 5 rings (SSSR count). The van der Waals surface area contributed by atoms with Crippen molar-refractivity contribution in [1.82, 2.24) is 9.55 Å². The van der Waals surface area contributed by atoms with Crippen molar-refractivity contribution in [2.24, 2.45) is 5.73 Å². The van der Waals surface area contributed by atoms with Crippen LogP contribution in [0.2, 0.25) is 0 Å². The van der Waals surface area contributed by atoms with Crippen LogP contribution in [-0.2, 0) is 32.2 Å². The van der Waals surface area contributed by atoms with E-state index >= 15 is 0 Å². The first-order valence-electron chi connectivity index (χ1n) is 12.9. The third-order valence-corrected chi connectivity index (χ3v) is 7.11. The average Bonchev–Trinajstić information content (AvgIpc) is 3.18. The van der Waals surface area contributed by atoms with Crippen molar-refractivity contribution < 1.29 is 9.84 Å². The van der Waals surface area contributed by atoms with Crippen LogP contribution in [0, 0.1) is 0 Å². The van der Waals surface area contributed by atoms with Gasteiger partial charge in [0, 0.05) is 47.5 Å². The number of rotatable bonds is 10. The lowest BCUT2D eigenvalue weighted by molar-refractivity contribution is 0.322. The summed E-state index contributed by atoms with van der Waals surface area (Å²) < 4.78 is 8.66. The molecule has 0 fully saturated rings. The Morgan fingerprint density at radius 1 is 0.973 bits per heavy atom. The van der Waals surface area contributed by atoms with Crippen molar-refractivity contribution in [3.05, 3.63) is 89.4 Å². The maximum absolute atomic E-state index is 9.46. The molecule has 1 unspecified atom stereocenters. The molecule has 198 valence electrons. The molecule has 0 spiro atoms. The van der Waals surface area contributed by atoms with Gasteiger partial charge in [-0.1, -0.05) is 24.6 Å². The third-order valence-electron chi connectivity index (χ3n) is 7.11. The molecule has 2 aromatic carbocycles. The molecule has 0 amide bonds. The zero-order valence-corrected chi connectivity index (χ0v) is 22.8. The molecular weight excluding hydrogens is 505 g/mol. The van der Waals surface area contributed by atoms with Gasteiger partial charge in [-0.2, -0.15) is 0 Å². The first-order valence-corrected chi connectivity index (χ1v) is 12.9. The van der Waals surface area contributed by atoms with E-state index < -0.39 is 0 Å². The van der Waals surface area contributed by atoms with Gasteiger partial charge in [-0.05, 0) is 92.1 Å². The van der Waals surface area contributed by atoms with Gasteiger partial charge in [0.05, 0.1) is 6.61 Å². The second kappa shape index (κ2) is 13.7. The summed E-state index contributed by atoms with van der Waals surface area (Å²) in [4.78, 5) is 4.44. The number of phenols is 1. The summed E-state index contributed by atoms with van der Waals surface area (Å²) in [6.45, 7) is 1.65. The number of aromatic hydroxyl groups is 1. The van der Waals surface area contributed by atoms with Crippen LogP contribution in [0.4, 0.5) is 0 Å². The van der Waals surface area contributed by atoms with Crippen molar-refractivity contribution >= 4 is 35.7 Å². The van der Waals surface area contributed by atoms with Crippen LogP contribution in [-0.4, -0.2) is 27.3 Å². The molecule has 1 aliphatic rings. The van der Waals surface area contributed by atoms with E-state index in [9.17, 15) is 5.11 Å². The molecule has 0 aliphatic heterocycles. The molecule has 2 aromatic heterocycles. The number of nitrogens with zero attached hydrogens (tertiary/aromatic N) is 2. The molecule has 4 aromatic rings. The highest BCUT2D eigenvalue weighted by Gasteiger charge is 2.23. The molecule has 7 heteroatoms. The Morgan fingerprint density at radius 3 is 2.59 bits per heavy atom. The predicted octanol–water partition coefficient (Wildman–Crippen LogP) is 6.44. The maximum atomic E-state index is 9.46. The summed E-state index contributed by atoms with van der Waals surface area (Å²) in [5.74, 6) is 1.20. The normalized spacial score (nSPS) is 14.5. The van der Waals surface area contributed by atoms with Gasteiger partial charge in [-0.15, -0.1) is 24.8 Å². The standard InChI is InChI=1S/C30H35N3O2.2ClH/c31-23-10-14-29-27(20-23)28-21-26(35-19-16-22-8-11-25(34)12-9-22)13-15-30(28)33(29)18-5-1-2-6-24-7-3-4-17-32-24;;/h3-4,7-9,11-13,15,17,21,23,34H,1-2,5-6,10,14,16,18-20,31H2;2*1H. The molecule has 1 atom stereocenters. The van der Waals surface area contributed by atoms with Gasteiger partial charge < -0.3 is 20.1 Å². The van der Waals surface area contributed by atoms with Crippen molar-refractivity contribution in [1.29, 1.82) is 0 Å². The van der Waals surface area contributed by atoms with Crippen LogP contribution in [0.5, 0.6) is 11.5 Å². The Balaban J connectivity index is 0.00000190. The average molecular weight is 543 g/mol. The van der Waals surface area contributed by atoms with E-state index in [1.54, 1.807) is 12.1 Å². The SMILES string of the molecule is Cl.Cl.NC1CCc2c(c3cc(OCCc4ccc(O)cc4)ccc3n2CCCCCc2ccccn2)C1. The molecule has 0 bridgehead atoms. The number of aryl methyl sites for hydroxylation is 2. The van der Waals surface area contributed by atoms with E-state index in [2.05, 4.69) is 39.9 Å². The first kappa shape index (κ1) is 28.8. The predicted molar refractivity (Wildman–Crippen MR) is 156 cm³/mol. The molecular formula is C30H37Cl2N3O2. The van der Waals surface area contributed by atoms with E-state index in [-0.39, 0.29) is 30.9 Å². The summed E-state index contributed by atoms with van der Waals surface area (Å²) in [6.07, 6.45) is 10.3. The number of nitrogens with two attached hydrogens (primary N) is 1. The summed E-state index contributed by atoms with van der Waals surface area (Å²) in [7, 11) is 0. The van der Waals surface area contributed by atoms with Crippen molar-refractivity contribution in [3.63, 3.8) is 0 Å². The topological polar surface area (TPSA) is 73.3 Å². The number of ether oxygens (including phenoxy) is 1. The number of pyridine rings is 1. The van der Waals surface area contributed by atoms with Crippen LogP contribution in [0.25, 0.3) is 10.9 Å². The van der Waals surface area contributed by atoms with E-state index in [0.717, 1.165) is 50.0 Å². The minimum absolute atomic E-state index is 0. The largest absolute Gasteiger partial charge is 0.508 e. The third kappa shape index (κ3) is 7.19. The number of fused-ring (bicyclic) bond motifs is 3. The number of halogens is 2. The zero-order chi connectivity index (χ0) is 24.0. The van der Waals surface area contributed by atoms with Crippen molar-refractivity contribution in [2.45, 2.75) is 64.0 Å². The second-order valence-corrected chi connectivity index (χ2v) is 9.66. The highest BCUT2D eigenvalue weighted by atomic mass is 35.5. The first-order chi connectivity index (χ1) is 17.2. The fraction of sp³-hybridized carbons (Fsp3) is 0.367. The van der Waals surface area contributed by atoms with E-state index in [4.69, 9.17) is 10.5 Å². The van der Waals surface area contributed by atoms with E-state index in [1.165, 1.54) is 47.1 Å². The molecule has 37 heavy (non-hydrogen) atoms. The summed E-state index contributed by atoms with van der Waals surface area (Å²) in [6, 6.07) is 20.2. The van der Waals surface area contributed by atoms with Gasteiger partial charge in [0.25, 0.3) is 0 Å². The van der Waals surface area contributed by atoms with Gasteiger partial charge in [0.2, 0.25) is 0 Å². The lowest BCUT2D eigenvalue weighted by Gasteiger charge is -2.21. The second-order valence-electron chi connectivity index (χ2n) is 9.66. The molecule has 0 radical (unpaired) electrons. The van der Waals surface area contributed by atoms with Crippen LogP contribution in [0.15, 0.2) is 66.9 Å². The van der Waals surface area contributed by atoms with Gasteiger partial charge in [-0.3, -0.25) is 4.98 Å². The van der Waals surface area contributed by atoms with Crippen LogP contribution >= 0.6 is 24.8 Å². The van der Waals surface area contributed by atoms with Crippen LogP contribution in [0.1, 0.15) is 48.2 Å². The molecule has 0 saturated carbocycles. The van der Waals surface area contributed by atoms with Crippen LogP contribution < -0.4 is 10.5 Å². The van der Waals surface area contributed by atoms with Gasteiger partial charge >= 0.3 is 0 Å². The van der Waals surface area contributed by atoms with E-state index in [0.29, 0.717) is 12.4 Å². The fourth-order valence-electron chi connectivity index (χ4n) is 5.25. The number of hydrogen-bond donors (Lipinski definition) is 2. The van der Waals surface area contributed by atoms with Gasteiger partial charge in [-0.25, -0.2) is 0 Å². The number of aromatic nitrogens is 2. The van der Waals surface area contributed by atoms with Crippen LogP contribution in [0.3, 0.4) is 0 Å². The highest BCUT2D eigenvalue weighted by molar-refractivity contribution is 5.87. The summed E-state index contributed by atoms with van der Waals surface area (Å²) in [5, 5.41) is 10.8. The summed E-state index contributed by atoms with van der Waals surface area (Å²) in [5.41, 5.74) is 12.9. The Morgan fingerprint density at radius 2 is 1.81 bits per heavy atom. The minimum atomic E-state index is 0. The van der Waals surface area contributed by atoms with Gasteiger partial charge in [0.15, 0.2) is 0 Å². The maximum Gasteiger partial charge on any atom is 0.120 e. The number of phenolic OH excluding ortho intramolecular Hbond substituents is 1. The zero-order valence-electron chi connectivity index (χ0n) is 21.1. The monoisotopic (exact) mass is 541 g/mol. The lowest BCUT2D eigenvalue weighted by atomic mass is 9.92. The van der Waals surface area contributed by atoms with Crippen molar-refractivity contribution in [2.75, 3.05) is 6.61 Å². The van der Waals surface area contributed by atoms with Crippen molar-refractivity contribution in [3.8, 4) is 11.5 Å². The number of hydrogen-bond acceptors (Lipinski definition) is 4. The Hall–Kier alpha value is -2.73. The quantitative estimate of drug-likeness (QED) is 0.226. The lowest BCUT2D eigenvalue weighted by Crippen LogP contribution is -2.28. The Bertz CT molecular complexity index is 1260. The number of unbranched alkanes of at least 4 members (excludes halogenated alkanes) is 2. The molecule has 3 N–H and O–H groups in total. The number of benzene rings is 2. The van der Waals surface area contributed by atoms with Gasteiger partial charge in [0.1, 0.15) is 11.5 Å². The molecule has 0 saturated heterocycles. The molecule has 5 nitrogen and oxygen atoms in total. The van der Waals surface area contributed by atoms with E-state index in [1.807, 2.05) is 24.4 Å². The fourth-order valence-corrected chi connectivity index (χ4v) is 5.25. The highest BCUT2D eigenvalue weighted by Crippen LogP contribution is 2.34. The molecule has 1 aliphatic carbocycles.